The smallest absolute Gasteiger partial charge is 0.237 e. The van der Waals surface area contributed by atoms with E-state index in [9.17, 15) is 0 Å². The molecular formula is C16H19N5O. The van der Waals surface area contributed by atoms with Gasteiger partial charge in [0.15, 0.2) is 0 Å². The molecule has 0 aliphatic carbocycles. The Balaban J connectivity index is 2.10. The maximum atomic E-state index is 5.27. The summed E-state index contributed by atoms with van der Waals surface area (Å²) in [5.74, 6) is 1.38. The van der Waals surface area contributed by atoms with Crippen molar-refractivity contribution in [1.82, 2.24) is 19.5 Å². The first-order chi connectivity index (χ1) is 10.6. The molecule has 0 amide bonds. The van der Waals surface area contributed by atoms with Gasteiger partial charge in [0.1, 0.15) is 12.1 Å². The second-order valence-electron chi connectivity index (χ2n) is 5.80. The second-order valence-corrected chi connectivity index (χ2v) is 5.80. The molecule has 0 aliphatic rings. The van der Waals surface area contributed by atoms with Gasteiger partial charge < -0.3 is 10.1 Å². The molecule has 6 heteroatoms. The molecule has 0 unspecified atom stereocenters. The molecule has 0 radical (unpaired) electrons. The monoisotopic (exact) mass is 297 g/mol. The Labute approximate surface area is 129 Å². The Morgan fingerprint density at radius 3 is 2.77 bits per heavy atom. The van der Waals surface area contributed by atoms with Crippen LogP contribution < -0.4 is 5.32 Å². The highest BCUT2D eigenvalue weighted by molar-refractivity contribution is 5.89. The molecule has 0 atom stereocenters. The summed E-state index contributed by atoms with van der Waals surface area (Å²) in [6.07, 6.45) is 5.23. The predicted octanol–water partition coefficient (Wildman–Crippen LogP) is 2.65. The first-order valence-electron chi connectivity index (χ1n) is 7.11. The zero-order chi connectivity index (χ0) is 15.6. The number of hydrogen-bond donors (Lipinski definition) is 1. The summed E-state index contributed by atoms with van der Waals surface area (Å²) < 4.78 is 7.06. The number of anilines is 1. The third-order valence-electron chi connectivity index (χ3n) is 3.29. The highest BCUT2D eigenvalue weighted by Gasteiger charge is 2.20. The molecule has 0 aliphatic heterocycles. The van der Waals surface area contributed by atoms with Crippen molar-refractivity contribution in [2.45, 2.75) is 19.4 Å². The second kappa shape index (κ2) is 5.73. The molecule has 114 valence electrons. The number of ether oxygens (including phenoxy) is 1. The van der Waals surface area contributed by atoms with Gasteiger partial charge in [0.05, 0.1) is 17.7 Å². The lowest BCUT2D eigenvalue weighted by Crippen LogP contribution is -2.36. The fraction of sp³-hybridized carbons (Fsp3) is 0.312. The number of fused-ring (bicyclic) bond motifs is 1. The van der Waals surface area contributed by atoms with E-state index in [1.807, 2.05) is 30.5 Å². The van der Waals surface area contributed by atoms with Gasteiger partial charge in [0, 0.05) is 24.9 Å². The Hall–Kier alpha value is -2.47. The van der Waals surface area contributed by atoms with Crippen LogP contribution in [0.15, 0.2) is 43.0 Å². The molecule has 2 heterocycles. The minimum Gasteiger partial charge on any atom is -0.382 e. The molecule has 0 fully saturated rings. The third kappa shape index (κ3) is 2.92. The Bertz CT molecular complexity index is 767. The molecule has 0 saturated carbocycles. The first-order valence-corrected chi connectivity index (χ1v) is 7.11. The van der Waals surface area contributed by atoms with Crippen LogP contribution in [0.1, 0.15) is 13.8 Å². The van der Waals surface area contributed by atoms with Crippen LogP contribution >= 0.6 is 0 Å². The number of hydrogen-bond acceptors (Lipinski definition) is 5. The lowest BCUT2D eigenvalue weighted by molar-refractivity contribution is 0.158. The van der Waals surface area contributed by atoms with Crippen molar-refractivity contribution in [2.75, 3.05) is 19.0 Å². The number of nitrogens with zero attached hydrogens (tertiary/aromatic N) is 4. The normalized spacial score (nSPS) is 11.8. The van der Waals surface area contributed by atoms with Crippen molar-refractivity contribution in [2.24, 2.45) is 0 Å². The summed E-state index contributed by atoms with van der Waals surface area (Å²) >= 11 is 0. The minimum absolute atomic E-state index is 0.238. The van der Waals surface area contributed by atoms with E-state index in [0.717, 1.165) is 16.7 Å². The summed E-state index contributed by atoms with van der Waals surface area (Å²) in [5, 5.41) is 4.44. The van der Waals surface area contributed by atoms with Crippen molar-refractivity contribution in [3.8, 4) is 5.95 Å². The molecule has 3 rings (SSSR count). The van der Waals surface area contributed by atoms with Crippen LogP contribution in [-0.2, 0) is 4.74 Å². The average molecular weight is 297 g/mol. The molecule has 1 aromatic carbocycles. The summed E-state index contributed by atoms with van der Waals surface area (Å²) in [6.45, 7) is 4.72. The molecule has 0 spiro atoms. The largest absolute Gasteiger partial charge is 0.382 e. The summed E-state index contributed by atoms with van der Waals surface area (Å²) in [7, 11) is 1.69. The quantitative estimate of drug-likeness (QED) is 0.784. The topological polar surface area (TPSA) is 64.9 Å². The Morgan fingerprint density at radius 1 is 1.23 bits per heavy atom. The summed E-state index contributed by atoms with van der Waals surface area (Å²) in [4.78, 5) is 13.3. The Morgan fingerprint density at radius 2 is 2.05 bits per heavy atom. The number of aromatic nitrogens is 4. The maximum absolute atomic E-state index is 5.27. The average Bonchev–Trinajstić information content (AvgIpc) is 3.01. The van der Waals surface area contributed by atoms with Crippen molar-refractivity contribution < 1.29 is 4.74 Å². The van der Waals surface area contributed by atoms with Crippen LogP contribution in [0.4, 0.5) is 5.82 Å². The number of methoxy groups -OCH3 is 1. The first kappa shape index (κ1) is 14.5. The van der Waals surface area contributed by atoms with Crippen LogP contribution in [0, 0.1) is 0 Å². The molecule has 0 bridgehead atoms. The SMILES string of the molecule is COCC(C)(C)Nc1nc(-n2ccnc2)nc2ccccc12. The van der Waals surface area contributed by atoms with Gasteiger partial charge in [0.2, 0.25) is 5.95 Å². The van der Waals surface area contributed by atoms with Gasteiger partial charge in [-0.05, 0) is 26.0 Å². The molecule has 0 saturated heterocycles. The Kier molecular flexibility index (Phi) is 3.77. The fourth-order valence-corrected chi connectivity index (χ4v) is 2.37. The van der Waals surface area contributed by atoms with E-state index in [-0.39, 0.29) is 5.54 Å². The van der Waals surface area contributed by atoms with E-state index < -0.39 is 0 Å². The van der Waals surface area contributed by atoms with E-state index in [4.69, 9.17) is 4.74 Å². The van der Waals surface area contributed by atoms with Crippen LogP contribution in [-0.4, -0.2) is 38.8 Å². The molecular weight excluding hydrogens is 278 g/mol. The highest BCUT2D eigenvalue weighted by atomic mass is 16.5. The van der Waals surface area contributed by atoms with Gasteiger partial charge >= 0.3 is 0 Å². The van der Waals surface area contributed by atoms with Gasteiger partial charge in [0.25, 0.3) is 0 Å². The minimum atomic E-state index is -0.238. The van der Waals surface area contributed by atoms with E-state index in [0.29, 0.717) is 12.6 Å². The van der Waals surface area contributed by atoms with Crippen molar-refractivity contribution in [3.05, 3.63) is 43.0 Å². The van der Waals surface area contributed by atoms with Crippen molar-refractivity contribution >= 4 is 16.7 Å². The van der Waals surface area contributed by atoms with Crippen LogP contribution in [0.2, 0.25) is 0 Å². The standard InChI is InChI=1S/C16H19N5O/c1-16(2,10-22-3)20-14-12-6-4-5-7-13(12)18-15(19-14)21-9-8-17-11-21/h4-9,11H,10H2,1-3H3,(H,18,19,20). The van der Waals surface area contributed by atoms with Crippen LogP contribution in [0.5, 0.6) is 0 Å². The van der Waals surface area contributed by atoms with Crippen LogP contribution in [0.25, 0.3) is 16.9 Å². The van der Waals surface area contributed by atoms with Gasteiger partial charge in [-0.25, -0.2) is 9.97 Å². The molecule has 3 aromatic rings. The van der Waals surface area contributed by atoms with Crippen molar-refractivity contribution in [1.29, 1.82) is 0 Å². The molecule has 22 heavy (non-hydrogen) atoms. The number of nitrogens with one attached hydrogen (secondary N) is 1. The van der Waals surface area contributed by atoms with Crippen LogP contribution in [0.3, 0.4) is 0 Å². The lowest BCUT2D eigenvalue weighted by atomic mass is 10.1. The lowest BCUT2D eigenvalue weighted by Gasteiger charge is -2.26. The number of rotatable bonds is 5. The van der Waals surface area contributed by atoms with Gasteiger partial charge in [-0.15, -0.1) is 0 Å². The molecule has 6 nitrogen and oxygen atoms in total. The van der Waals surface area contributed by atoms with E-state index in [2.05, 4.69) is 34.1 Å². The third-order valence-corrected chi connectivity index (χ3v) is 3.29. The van der Waals surface area contributed by atoms with Gasteiger partial charge in [-0.2, -0.15) is 4.98 Å². The zero-order valence-electron chi connectivity index (χ0n) is 12.9. The van der Waals surface area contributed by atoms with Gasteiger partial charge in [-0.1, -0.05) is 12.1 Å². The fourth-order valence-electron chi connectivity index (χ4n) is 2.37. The van der Waals surface area contributed by atoms with Gasteiger partial charge in [-0.3, -0.25) is 4.57 Å². The zero-order valence-corrected chi connectivity index (χ0v) is 12.9. The number of benzene rings is 1. The van der Waals surface area contributed by atoms with Crippen molar-refractivity contribution in [3.63, 3.8) is 0 Å². The van der Waals surface area contributed by atoms with E-state index in [1.54, 1.807) is 24.2 Å². The molecule has 2 aromatic heterocycles. The number of imidazole rings is 1. The predicted molar refractivity (Wildman–Crippen MR) is 86.2 cm³/mol. The highest BCUT2D eigenvalue weighted by Crippen LogP contribution is 2.24. The van der Waals surface area contributed by atoms with E-state index in [1.165, 1.54) is 0 Å². The van der Waals surface area contributed by atoms with E-state index >= 15 is 0 Å². The molecule has 1 N–H and O–H groups in total. The maximum Gasteiger partial charge on any atom is 0.237 e. The summed E-state index contributed by atoms with van der Waals surface area (Å²) in [6, 6.07) is 7.94. The number of para-hydroxylation sites is 1. The summed E-state index contributed by atoms with van der Waals surface area (Å²) in [5.41, 5.74) is 0.648.